The van der Waals surface area contributed by atoms with Crippen molar-refractivity contribution in [2.45, 2.75) is 19.4 Å². The van der Waals surface area contributed by atoms with Gasteiger partial charge < -0.3 is 10.2 Å². The van der Waals surface area contributed by atoms with Crippen LogP contribution < -0.4 is 5.73 Å². The first-order valence-electron chi connectivity index (χ1n) is 6.42. The number of nitrogens with zero attached hydrogens (tertiary/aromatic N) is 4. The van der Waals surface area contributed by atoms with E-state index in [9.17, 15) is 0 Å². The van der Waals surface area contributed by atoms with Crippen LogP contribution in [0.3, 0.4) is 0 Å². The Labute approximate surface area is 120 Å². The van der Waals surface area contributed by atoms with Crippen molar-refractivity contribution < 1.29 is 4.42 Å². The fourth-order valence-electron chi connectivity index (χ4n) is 1.87. The Kier molecular flexibility index (Phi) is 3.89. The van der Waals surface area contributed by atoms with Gasteiger partial charge in [0.15, 0.2) is 10.8 Å². The lowest BCUT2D eigenvalue weighted by Gasteiger charge is -1.95. The number of hydrogen-bond acceptors (Lipinski definition) is 6. The highest BCUT2D eigenvalue weighted by Crippen LogP contribution is 2.24. The molecule has 0 radical (unpaired) electrons. The minimum absolute atomic E-state index is 0.618. The average molecular weight is 289 g/mol. The Bertz CT molecular complexity index is 658. The third-order valence-corrected chi connectivity index (χ3v) is 3.74. The van der Waals surface area contributed by atoms with E-state index in [4.69, 9.17) is 10.2 Å². The van der Waals surface area contributed by atoms with Crippen LogP contribution in [-0.2, 0) is 13.0 Å². The first-order valence-corrected chi connectivity index (χ1v) is 7.30. The maximum atomic E-state index is 5.48. The van der Waals surface area contributed by atoms with Gasteiger partial charge >= 0.3 is 0 Å². The van der Waals surface area contributed by atoms with Gasteiger partial charge in [0.25, 0.3) is 0 Å². The summed E-state index contributed by atoms with van der Waals surface area (Å²) in [5.74, 6) is 0.795. The third kappa shape index (κ3) is 2.94. The SMILES string of the molecule is NCCCc1cn(Cc2csc(-c3ccco3)n2)nn1. The fourth-order valence-corrected chi connectivity index (χ4v) is 2.65. The number of aromatic nitrogens is 4. The van der Waals surface area contributed by atoms with Crippen LogP contribution >= 0.6 is 11.3 Å². The highest BCUT2D eigenvalue weighted by Gasteiger charge is 2.08. The molecule has 3 rings (SSSR count). The molecule has 0 spiro atoms. The zero-order valence-corrected chi connectivity index (χ0v) is 11.7. The molecule has 0 aliphatic carbocycles. The van der Waals surface area contributed by atoms with Crippen molar-refractivity contribution >= 4 is 11.3 Å². The fraction of sp³-hybridized carbons (Fsp3) is 0.308. The third-order valence-electron chi connectivity index (χ3n) is 2.83. The normalized spacial score (nSPS) is 11.1. The van der Waals surface area contributed by atoms with Gasteiger partial charge in [0.2, 0.25) is 0 Å². The minimum Gasteiger partial charge on any atom is -0.462 e. The van der Waals surface area contributed by atoms with E-state index in [0.29, 0.717) is 13.1 Å². The smallest absolute Gasteiger partial charge is 0.162 e. The Morgan fingerprint density at radius 3 is 3.10 bits per heavy atom. The van der Waals surface area contributed by atoms with Crippen LogP contribution in [0.15, 0.2) is 34.4 Å². The molecular formula is C13H15N5OS. The largest absolute Gasteiger partial charge is 0.462 e. The first-order chi connectivity index (χ1) is 9.85. The molecule has 0 aliphatic heterocycles. The monoisotopic (exact) mass is 289 g/mol. The quantitative estimate of drug-likeness (QED) is 0.749. The molecule has 0 amide bonds. The Morgan fingerprint density at radius 2 is 2.30 bits per heavy atom. The summed E-state index contributed by atoms with van der Waals surface area (Å²) in [5.41, 5.74) is 7.41. The highest BCUT2D eigenvalue weighted by molar-refractivity contribution is 7.13. The van der Waals surface area contributed by atoms with Crippen LogP contribution in [0, 0.1) is 0 Å². The molecule has 2 N–H and O–H groups in total. The van der Waals surface area contributed by atoms with Crippen molar-refractivity contribution in [2.75, 3.05) is 6.54 Å². The molecule has 104 valence electrons. The number of nitrogens with two attached hydrogens (primary N) is 1. The summed E-state index contributed by atoms with van der Waals surface area (Å²) in [4.78, 5) is 4.54. The van der Waals surface area contributed by atoms with E-state index in [-0.39, 0.29) is 0 Å². The summed E-state index contributed by atoms with van der Waals surface area (Å²) in [5, 5.41) is 11.1. The lowest BCUT2D eigenvalue weighted by Crippen LogP contribution is -2.01. The minimum atomic E-state index is 0.618. The molecule has 0 atom stereocenters. The Hall–Kier alpha value is -1.99. The predicted molar refractivity (Wildman–Crippen MR) is 76.3 cm³/mol. The molecule has 0 unspecified atom stereocenters. The van der Waals surface area contributed by atoms with Gasteiger partial charge in [0.1, 0.15) is 0 Å². The second-order valence-corrected chi connectivity index (χ2v) is 5.28. The first kappa shape index (κ1) is 13.0. The van der Waals surface area contributed by atoms with Gasteiger partial charge in [0, 0.05) is 11.6 Å². The van der Waals surface area contributed by atoms with Crippen LogP contribution in [0.4, 0.5) is 0 Å². The van der Waals surface area contributed by atoms with E-state index >= 15 is 0 Å². The lowest BCUT2D eigenvalue weighted by atomic mass is 10.2. The van der Waals surface area contributed by atoms with Crippen LogP contribution in [0.25, 0.3) is 10.8 Å². The maximum Gasteiger partial charge on any atom is 0.162 e. The van der Waals surface area contributed by atoms with Gasteiger partial charge in [0.05, 0.1) is 24.2 Å². The maximum absolute atomic E-state index is 5.48. The summed E-state index contributed by atoms with van der Waals surface area (Å²) < 4.78 is 7.13. The van der Waals surface area contributed by atoms with Gasteiger partial charge in [-0.25, -0.2) is 9.67 Å². The number of furan rings is 1. The summed E-state index contributed by atoms with van der Waals surface area (Å²) in [6, 6.07) is 3.76. The topological polar surface area (TPSA) is 82.8 Å². The standard InChI is InChI=1S/C13H15N5OS/c14-5-1-3-10-7-18(17-16-10)8-11-9-20-13(15-11)12-4-2-6-19-12/h2,4,6-7,9H,1,3,5,8,14H2. The molecule has 0 aromatic carbocycles. The van der Waals surface area contributed by atoms with Crippen molar-refractivity contribution in [3.05, 3.63) is 41.4 Å². The summed E-state index contributed by atoms with van der Waals surface area (Å²) >= 11 is 1.56. The highest BCUT2D eigenvalue weighted by atomic mass is 32.1. The second-order valence-electron chi connectivity index (χ2n) is 4.42. The second kappa shape index (κ2) is 5.98. The van der Waals surface area contributed by atoms with E-state index in [1.807, 2.05) is 23.7 Å². The average Bonchev–Trinajstić information content (AvgIpc) is 3.18. The molecular weight excluding hydrogens is 274 g/mol. The molecule has 7 heteroatoms. The van der Waals surface area contributed by atoms with E-state index in [2.05, 4.69) is 15.3 Å². The van der Waals surface area contributed by atoms with Crippen molar-refractivity contribution in [3.8, 4) is 10.8 Å². The molecule has 3 heterocycles. The van der Waals surface area contributed by atoms with Gasteiger partial charge in [-0.05, 0) is 31.5 Å². The van der Waals surface area contributed by atoms with E-state index in [0.717, 1.165) is 35.0 Å². The van der Waals surface area contributed by atoms with Gasteiger partial charge in [-0.1, -0.05) is 5.21 Å². The van der Waals surface area contributed by atoms with Gasteiger partial charge in [-0.3, -0.25) is 0 Å². The number of hydrogen-bond donors (Lipinski definition) is 1. The summed E-state index contributed by atoms with van der Waals surface area (Å²) in [6.07, 6.45) is 5.39. The Balaban J connectivity index is 1.67. The van der Waals surface area contributed by atoms with Crippen LogP contribution in [0.5, 0.6) is 0 Å². The molecule has 20 heavy (non-hydrogen) atoms. The molecule has 0 saturated carbocycles. The zero-order valence-electron chi connectivity index (χ0n) is 10.9. The summed E-state index contributed by atoms with van der Waals surface area (Å²) in [6.45, 7) is 1.29. The molecule has 3 aromatic rings. The Morgan fingerprint density at radius 1 is 1.35 bits per heavy atom. The van der Waals surface area contributed by atoms with Crippen molar-refractivity contribution in [1.82, 2.24) is 20.0 Å². The van der Waals surface area contributed by atoms with Crippen molar-refractivity contribution in [3.63, 3.8) is 0 Å². The number of thiazole rings is 1. The summed E-state index contributed by atoms with van der Waals surface area (Å²) in [7, 11) is 0. The number of aryl methyl sites for hydroxylation is 1. The molecule has 0 aliphatic rings. The van der Waals surface area contributed by atoms with E-state index < -0.39 is 0 Å². The predicted octanol–water partition coefficient (Wildman–Crippen LogP) is 1.93. The van der Waals surface area contributed by atoms with Crippen molar-refractivity contribution in [2.24, 2.45) is 5.73 Å². The van der Waals surface area contributed by atoms with Crippen molar-refractivity contribution in [1.29, 1.82) is 0 Å². The molecule has 6 nitrogen and oxygen atoms in total. The molecule has 0 saturated heterocycles. The van der Waals surface area contributed by atoms with Gasteiger partial charge in [-0.15, -0.1) is 16.4 Å². The van der Waals surface area contributed by atoms with Crippen LogP contribution in [0.1, 0.15) is 17.8 Å². The molecule has 0 fully saturated rings. The molecule has 0 bridgehead atoms. The van der Waals surface area contributed by atoms with Crippen LogP contribution in [0.2, 0.25) is 0 Å². The molecule has 3 aromatic heterocycles. The lowest BCUT2D eigenvalue weighted by molar-refractivity contribution is 0.581. The van der Waals surface area contributed by atoms with E-state index in [1.54, 1.807) is 22.3 Å². The van der Waals surface area contributed by atoms with E-state index in [1.165, 1.54) is 0 Å². The number of rotatable bonds is 6. The van der Waals surface area contributed by atoms with Crippen LogP contribution in [-0.4, -0.2) is 26.5 Å². The zero-order chi connectivity index (χ0) is 13.8. The van der Waals surface area contributed by atoms with Gasteiger partial charge in [-0.2, -0.15) is 0 Å².